The minimum Gasteiger partial charge on any atom is -0.459 e. The number of carbonyl (C=O) groups excluding carboxylic acids is 1. The molecule has 0 amide bonds. The first-order chi connectivity index (χ1) is 7.93. The smallest absolute Gasteiger partial charge is 0.340 e. The predicted molar refractivity (Wildman–Crippen MR) is 63.7 cm³/mol. The number of nitrogens with two attached hydrogens (primary N) is 2. The van der Waals surface area contributed by atoms with Gasteiger partial charge in [0.1, 0.15) is 6.10 Å². The van der Waals surface area contributed by atoms with E-state index in [-0.39, 0.29) is 6.10 Å². The minimum atomic E-state index is -1.35. The van der Waals surface area contributed by atoms with E-state index in [1.807, 2.05) is 0 Å². The van der Waals surface area contributed by atoms with Gasteiger partial charge < -0.3 is 16.2 Å². The third-order valence-corrected chi connectivity index (χ3v) is 4.82. The van der Waals surface area contributed by atoms with Crippen LogP contribution in [0.25, 0.3) is 0 Å². The van der Waals surface area contributed by atoms with Gasteiger partial charge in [-0.3, -0.25) is 0 Å². The molecular weight excluding hydrogens is 216 g/mol. The molecular formula is C13H22N2O2. The largest absolute Gasteiger partial charge is 0.459 e. The van der Waals surface area contributed by atoms with Gasteiger partial charge in [0.25, 0.3) is 0 Å². The standard InChI is InChI=1S/C13H22N2O2/c1-13(14,15)12(16)17-11-9-3-7-2-8(5-9)6-10(11)4-7/h7-11H,2-6,14-15H2,1H3. The maximum atomic E-state index is 11.8. The minimum absolute atomic E-state index is 0.0849. The van der Waals surface area contributed by atoms with Gasteiger partial charge in [-0.25, -0.2) is 4.79 Å². The molecule has 4 rings (SSSR count). The summed E-state index contributed by atoms with van der Waals surface area (Å²) < 4.78 is 5.60. The van der Waals surface area contributed by atoms with E-state index in [2.05, 4.69) is 0 Å². The summed E-state index contributed by atoms with van der Waals surface area (Å²) in [4.78, 5) is 11.8. The summed E-state index contributed by atoms with van der Waals surface area (Å²) in [7, 11) is 0. The van der Waals surface area contributed by atoms with Crippen molar-refractivity contribution in [1.82, 2.24) is 0 Å². The van der Waals surface area contributed by atoms with Gasteiger partial charge in [0, 0.05) is 0 Å². The van der Waals surface area contributed by atoms with Gasteiger partial charge in [-0.15, -0.1) is 0 Å². The Hall–Kier alpha value is -0.610. The molecule has 0 saturated heterocycles. The third-order valence-electron chi connectivity index (χ3n) is 4.82. The van der Waals surface area contributed by atoms with Crippen LogP contribution in [-0.4, -0.2) is 17.7 Å². The highest BCUT2D eigenvalue weighted by molar-refractivity contribution is 5.79. The average molecular weight is 238 g/mol. The number of hydrogen-bond donors (Lipinski definition) is 2. The van der Waals surface area contributed by atoms with E-state index in [1.54, 1.807) is 0 Å². The lowest BCUT2D eigenvalue weighted by Crippen LogP contribution is -2.58. The summed E-state index contributed by atoms with van der Waals surface area (Å²) in [6, 6.07) is 0. The van der Waals surface area contributed by atoms with Crippen molar-refractivity contribution in [2.24, 2.45) is 35.1 Å². The van der Waals surface area contributed by atoms with E-state index >= 15 is 0 Å². The molecule has 0 atom stereocenters. The van der Waals surface area contributed by atoms with Crippen molar-refractivity contribution in [2.45, 2.75) is 50.8 Å². The van der Waals surface area contributed by atoms with Crippen molar-refractivity contribution in [3.05, 3.63) is 0 Å². The average Bonchev–Trinajstić information content (AvgIpc) is 2.20. The molecule has 4 aliphatic carbocycles. The van der Waals surface area contributed by atoms with Gasteiger partial charge in [0.2, 0.25) is 0 Å². The van der Waals surface area contributed by atoms with Crippen LogP contribution in [0.2, 0.25) is 0 Å². The normalized spacial score (nSPS) is 43.8. The van der Waals surface area contributed by atoms with E-state index in [9.17, 15) is 4.79 Å². The Bertz CT molecular complexity index is 307. The third kappa shape index (κ3) is 1.97. The Morgan fingerprint density at radius 3 is 1.94 bits per heavy atom. The molecule has 0 aromatic rings. The van der Waals surface area contributed by atoms with Crippen molar-refractivity contribution < 1.29 is 9.53 Å². The Labute approximate surface area is 102 Å². The van der Waals surface area contributed by atoms with Crippen LogP contribution in [0.3, 0.4) is 0 Å². The molecule has 4 saturated carbocycles. The molecule has 0 aromatic heterocycles. The summed E-state index contributed by atoms with van der Waals surface area (Å²) in [5, 5.41) is 0. The van der Waals surface area contributed by atoms with E-state index in [4.69, 9.17) is 16.2 Å². The maximum absolute atomic E-state index is 11.8. The first-order valence-corrected chi connectivity index (χ1v) is 6.72. The van der Waals surface area contributed by atoms with Crippen LogP contribution < -0.4 is 11.5 Å². The molecule has 0 spiro atoms. The lowest BCUT2D eigenvalue weighted by molar-refractivity contribution is -0.176. The lowest BCUT2D eigenvalue weighted by atomic mass is 9.55. The van der Waals surface area contributed by atoms with Crippen molar-refractivity contribution in [2.75, 3.05) is 0 Å². The molecule has 4 heteroatoms. The van der Waals surface area contributed by atoms with E-state index < -0.39 is 11.6 Å². The van der Waals surface area contributed by atoms with Crippen molar-refractivity contribution in [1.29, 1.82) is 0 Å². The number of hydrogen-bond acceptors (Lipinski definition) is 4. The van der Waals surface area contributed by atoms with Crippen molar-refractivity contribution in [3.63, 3.8) is 0 Å². The molecule has 4 aliphatic rings. The Morgan fingerprint density at radius 1 is 1.06 bits per heavy atom. The van der Waals surface area contributed by atoms with Crippen LogP contribution in [0.5, 0.6) is 0 Å². The van der Waals surface area contributed by atoms with Crippen LogP contribution >= 0.6 is 0 Å². The lowest BCUT2D eigenvalue weighted by Gasteiger charge is -2.53. The molecule has 0 radical (unpaired) electrons. The van der Waals surface area contributed by atoms with Gasteiger partial charge in [-0.05, 0) is 62.7 Å². The fraction of sp³-hybridized carbons (Fsp3) is 0.923. The second-order valence-corrected chi connectivity index (χ2v) is 6.58. The fourth-order valence-corrected chi connectivity index (χ4v) is 4.32. The highest BCUT2D eigenvalue weighted by atomic mass is 16.5. The van der Waals surface area contributed by atoms with E-state index in [1.165, 1.54) is 39.0 Å². The van der Waals surface area contributed by atoms with Crippen LogP contribution in [-0.2, 0) is 9.53 Å². The second kappa shape index (κ2) is 3.69. The molecule has 4 fully saturated rings. The molecule has 96 valence electrons. The Kier molecular flexibility index (Phi) is 2.49. The van der Waals surface area contributed by atoms with Crippen LogP contribution in [0.15, 0.2) is 0 Å². The Balaban J connectivity index is 1.70. The van der Waals surface area contributed by atoms with Crippen LogP contribution in [0, 0.1) is 23.7 Å². The number of ether oxygens (including phenoxy) is 1. The predicted octanol–water partition coefficient (Wildman–Crippen LogP) is 0.988. The highest BCUT2D eigenvalue weighted by Crippen LogP contribution is 2.54. The molecule has 4 bridgehead atoms. The Morgan fingerprint density at radius 2 is 1.53 bits per heavy atom. The van der Waals surface area contributed by atoms with Crippen molar-refractivity contribution >= 4 is 5.97 Å². The molecule has 0 aliphatic heterocycles. The molecule has 17 heavy (non-hydrogen) atoms. The maximum Gasteiger partial charge on any atom is 0.340 e. The molecule has 0 unspecified atom stereocenters. The molecule has 0 aromatic carbocycles. The molecule has 4 nitrogen and oxygen atoms in total. The second-order valence-electron chi connectivity index (χ2n) is 6.58. The number of rotatable bonds is 2. The van der Waals surface area contributed by atoms with Gasteiger partial charge >= 0.3 is 5.97 Å². The number of carbonyl (C=O) groups is 1. The first kappa shape index (κ1) is 11.5. The van der Waals surface area contributed by atoms with Gasteiger partial charge in [-0.2, -0.15) is 0 Å². The van der Waals surface area contributed by atoms with Gasteiger partial charge in [0.05, 0.1) is 0 Å². The van der Waals surface area contributed by atoms with E-state index in [0.717, 1.165) is 11.8 Å². The quantitative estimate of drug-likeness (QED) is 0.555. The first-order valence-electron chi connectivity index (χ1n) is 6.72. The van der Waals surface area contributed by atoms with Gasteiger partial charge in [-0.1, -0.05) is 0 Å². The fourth-order valence-electron chi connectivity index (χ4n) is 4.32. The summed E-state index contributed by atoms with van der Waals surface area (Å²) in [6.45, 7) is 1.51. The highest BCUT2D eigenvalue weighted by Gasteiger charge is 2.50. The summed E-state index contributed by atoms with van der Waals surface area (Å²) in [5.74, 6) is 2.45. The van der Waals surface area contributed by atoms with Crippen LogP contribution in [0.1, 0.15) is 39.0 Å². The van der Waals surface area contributed by atoms with E-state index in [0.29, 0.717) is 11.8 Å². The van der Waals surface area contributed by atoms with Gasteiger partial charge in [0.15, 0.2) is 5.66 Å². The summed E-state index contributed by atoms with van der Waals surface area (Å²) in [6.07, 6.45) is 6.42. The summed E-state index contributed by atoms with van der Waals surface area (Å²) >= 11 is 0. The van der Waals surface area contributed by atoms with Crippen LogP contribution in [0.4, 0.5) is 0 Å². The topological polar surface area (TPSA) is 78.3 Å². The SMILES string of the molecule is CC(N)(N)C(=O)OC1C2CC3CC(C2)CC1C3. The molecule has 0 heterocycles. The molecule has 4 N–H and O–H groups in total. The summed E-state index contributed by atoms with van der Waals surface area (Å²) in [5.41, 5.74) is 9.82. The number of esters is 1. The zero-order valence-corrected chi connectivity index (χ0v) is 10.4. The van der Waals surface area contributed by atoms with Crippen molar-refractivity contribution in [3.8, 4) is 0 Å². The zero-order valence-electron chi connectivity index (χ0n) is 10.4. The monoisotopic (exact) mass is 238 g/mol. The zero-order chi connectivity index (χ0) is 12.2.